The van der Waals surface area contributed by atoms with E-state index < -0.39 is 30.6 Å². The summed E-state index contributed by atoms with van der Waals surface area (Å²) in [5.41, 5.74) is 8.09. The van der Waals surface area contributed by atoms with E-state index in [1.807, 2.05) is 7.05 Å². The first kappa shape index (κ1) is 26.7. The number of ether oxygens (including phenoxy) is 2. The highest BCUT2D eigenvalue weighted by Crippen LogP contribution is 2.37. The van der Waals surface area contributed by atoms with E-state index in [9.17, 15) is 19.0 Å². The predicted molar refractivity (Wildman–Crippen MR) is 140 cm³/mol. The Morgan fingerprint density at radius 2 is 2.02 bits per heavy atom. The van der Waals surface area contributed by atoms with Crippen LogP contribution in [0.5, 0.6) is 5.75 Å². The Balaban J connectivity index is 0.999. The molecule has 214 valence electrons. The van der Waals surface area contributed by atoms with Crippen molar-refractivity contribution in [3.05, 3.63) is 36.7 Å². The van der Waals surface area contributed by atoms with Crippen molar-refractivity contribution in [1.82, 2.24) is 34.4 Å². The molecule has 5 N–H and O–H groups in total. The standard InChI is InChI=1S/C26H32F2N8O4/c1-26(27,28)40-15-4-5-16-17(9-15)34-19(33-16)6-3-13-7-14(8-13)35(2)10-18-21(37)22(38)25(39-18)36-12-32-20-23(29)30-11-31-24(20)36/h4-5,9,11-14,18,21-22,25,37-38H,3,6-8,10H2,1-2H3,(H,33,34)(H2,29,30,31)/t13?,14?,18-,21-,22-,25-/m1/s1. The fourth-order valence-electron chi connectivity index (χ4n) is 5.67. The Hall–Kier alpha value is -3.46. The number of nitrogens with one attached hydrogen (secondary N) is 1. The van der Waals surface area contributed by atoms with Crippen molar-refractivity contribution in [2.24, 2.45) is 5.92 Å². The zero-order valence-corrected chi connectivity index (χ0v) is 22.1. The van der Waals surface area contributed by atoms with Gasteiger partial charge in [-0.25, -0.2) is 19.9 Å². The van der Waals surface area contributed by atoms with Crippen LogP contribution >= 0.6 is 0 Å². The Labute approximate surface area is 228 Å². The molecular weight excluding hydrogens is 526 g/mol. The number of aliphatic hydroxyl groups excluding tert-OH is 2. The lowest BCUT2D eigenvalue weighted by Crippen LogP contribution is -2.47. The lowest BCUT2D eigenvalue weighted by atomic mass is 9.76. The molecule has 40 heavy (non-hydrogen) atoms. The fourth-order valence-corrected chi connectivity index (χ4v) is 5.67. The number of aromatic nitrogens is 6. The molecule has 2 aliphatic rings. The predicted octanol–water partition coefficient (Wildman–Crippen LogP) is 2.24. The SMILES string of the molecule is CN(C[C@H]1O[C@@H](n2cnc3c(N)ncnc32)[C@H](O)[C@@H]1O)C1CC(CCc2nc3ccc(OC(C)(F)F)cc3[nH]2)C1. The van der Waals surface area contributed by atoms with E-state index in [1.54, 1.807) is 10.6 Å². The minimum absolute atomic E-state index is 0.0901. The number of aliphatic hydroxyl groups is 2. The number of hydrogen-bond donors (Lipinski definition) is 4. The summed E-state index contributed by atoms with van der Waals surface area (Å²) in [4.78, 5) is 22.3. The van der Waals surface area contributed by atoms with Crippen LogP contribution < -0.4 is 10.5 Å². The van der Waals surface area contributed by atoms with Crippen molar-refractivity contribution in [2.75, 3.05) is 19.3 Å². The monoisotopic (exact) mass is 558 g/mol. The normalized spacial score (nSPS) is 27.1. The quantitative estimate of drug-likeness (QED) is 0.240. The molecule has 1 aliphatic heterocycles. The molecule has 0 amide bonds. The molecule has 0 spiro atoms. The number of imidazole rings is 2. The third-order valence-electron chi connectivity index (χ3n) is 7.89. The summed E-state index contributed by atoms with van der Waals surface area (Å²) in [7, 11) is 2.00. The van der Waals surface area contributed by atoms with Gasteiger partial charge in [-0.15, -0.1) is 0 Å². The highest BCUT2D eigenvalue weighted by atomic mass is 19.3. The number of fused-ring (bicyclic) bond motifs is 2. The molecule has 0 unspecified atom stereocenters. The van der Waals surface area contributed by atoms with Gasteiger partial charge in [-0.2, -0.15) is 8.78 Å². The van der Waals surface area contributed by atoms with Crippen LogP contribution in [-0.2, 0) is 11.2 Å². The van der Waals surface area contributed by atoms with Gasteiger partial charge in [-0.1, -0.05) is 0 Å². The average molecular weight is 559 g/mol. The molecule has 12 nitrogen and oxygen atoms in total. The van der Waals surface area contributed by atoms with Crippen LogP contribution in [0, 0.1) is 5.92 Å². The zero-order valence-electron chi connectivity index (χ0n) is 22.1. The molecule has 1 aliphatic carbocycles. The van der Waals surface area contributed by atoms with Crippen LogP contribution in [0.2, 0.25) is 0 Å². The molecule has 14 heteroatoms. The molecule has 1 saturated heterocycles. The number of H-pyrrole nitrogens is 1. The number of rotatable bonds is 9. The van der Waals surface area contributed by atoms with E-state index in [-0.39, 0.29) is 11.6 Å². The van der Waals surface area contributed by atoms with Gasteiger partial charge < -0.3 is 35.3 Å². The number of nitrogens with zero attached hydrogens (tertiary/aromatic N) is 6. The minimum Gasteiger partial charge on any atom is -0.433 e. The molecule has 0 radical (unpaired) electrons. The van der Waals surface area contributed by atoms with Crippen molar-refractivity contribution >= 4 is 28.0 Å². The van der Waals surface area contributed by atoms with E-state index >= 15 is 0 Å². The number of nitrogen functional groups attached to an aromatic ring is 1. The Morgan fingerprint density at radius 1 is 1.23 bits per heavy atom. The maximum absolute atomic E-state index is 13.2. The molecule has 3 aromatic heterocycles. The highest BCUT2D eigenvalue weighted by Gasteiger charge is 2.45. The van der Waals surface area contributed by atoms with Crippen molar-refractivity contribution in [3.63, 3.8) is 0 Å². The van der Waals surface area contributed by atoms with Crippen LogP contribution in [0.4, 0.5) is 14.6 Å². The summed E-state index contributed by atoms with van der Waals surface area (Å²) in [5, 5.41) is 21.4. The Kier molecular flexibility index (Phi) is 6.81. The van der Waals surface area contributed by atoms with Crippen LogP contribution in [-0.4, -0.2) is 88.7 Å². The van der Waals surface area contributed by atoms with Crippen molar-refractivity contribution in [2.45, 2.75) is 69.3 Å². The van der Waals surface area contributed by atoms with Crippen molar-refractivity contribution < 1.29 is 28.5 Å². The van der Waals surface area contributed by atoms with Crippen LogP contribution in [0.15, 0.2) is 30.9 Å². The molecule has 4 aromatic rings. The van der Waals surface area contributed by atoms with Gasteiger partial charge in [0.1, 0.15) is 41.7 Å². The van der Waals surface area contributed by atoms with Gasteiger partial charge in [0.25, 0.3) is 0 Å². The zero-order chi connectivity index (χ0) is 28.2. The van der Waals surface area contributed by atoms with Gasteiger partial charge >= 0.3 is 6.11 Å². The number of alkyl halides is 2. The number of anilines is 1. The summed E-state index contributed by atoms with van der Waals surface area (Å²) in [6, 6.07) is 5.04. The molecule has 4 heterocycles. The number of benzene rings is 1. The highest BCUT2D eigenvalue weighted by molar-refractivity contribution is 5.81. The number of halogens is 2. The Morgan fingerprint density at radius 3 is 2.80 bits per heavy atom. The van der Waals surface area contributed by atoms with Gasteiger partial charge in [-0.05, 0) is 44.4 Å². The first-order chi connectivity index (χ1) is 19.1. The first-order valence-corrected chi connectivity index (χ1v) is 13.3. The summed E-state index contributed by atoms with van der Waals surface area (Å²) in [6.07, 6.45) is -0.385. The number of aromatic amines is 1. The average Bonchev–Trinajstić information content (AvgIpc) is 3.54. The van der Waals surface area contributed by atoms with Crippen LogP contribution in [0.1, 0.15) is 38.2 Å². The molecule has 1 aromatic carbocycles. The summed E-state index contributed by atoms with van der Waals surface area (Å²) >= 11 is 0. The van der Waals surface area contributed by atoms with Crippen LogP contribution in [0.3, 0.4) is 0 Å². The summed E-state index contributed by atoms with van der Waals surface area (Å²) in [6.45, 7) is 1.17. The maximum Gasteiger partial charge on any atom is 0.394 e. The second-order valence-corrected chi connectivity index (χ2v) is 10.9. The third-order valence-corrected chi connectivity index (χ3v) is 7.89. The molecular formula is C26H32F2N8O4. The van der Waals surface area contributed by atoms with Crippen LogP contribution in [0.25, 0.3) is 22.2 Å². The fraction of sp³-hybridized carbons (Fsp3) is 0.538. The number of aryl methyl sites for hydroxylation is 1. The lowest BCUT2D eigenvalue weighted by Gasteiger charge is -2.42. The summed E-state index contributed by atoms with van der Waals surface area (Å²) < 4.78 is 38.6. The van der Waals surface area contributed by atoms with Crippen molar-refractivity contribution in [1.29, 1.82) is 0 Å². The van der Waals surface area contributed by atoms with Gasteiger partial charge in [0.15, 0.2) is 17.7 Å². The smallest absolute Gasteiger partial charge is 0.394 e. The molecule has 0 bridgehead atoms. The summed E-state index contributed by atoms with van der Waals surface area (Å²) in [5.74, 6) is 1.66. The maximum atomic E-state index is 13.2. The second kappa shape index (κ2) is 10.2. The van der Waals surface area contributed by atoms with E-state index in [2.05, 4.69) is 34.6 Å². The number of hydrogen-bond acceptors (Lipinski definition) is 10. The van der Waals surface area contributed by atoms with E-state index in [0.717, 1.165) is 31.5 Å². The topological polar surface area (TPSA) is 160 Å². The molecule has 1 saturated carbocycles. The number of likely N-dealkylation sites (N-methyl/N-ethyl adjacent to an activating group) is 1. The molecule has 2 fully saturated rings. The Bertz CT molecular complexity index is 1500. The lowest BCUT2D eigenvalue weighted by molar-refractivity contribution is -0.158. The second-order valence-electron chi connectivity index (χ2n) is 10.9. The van der Waals surface area contributed by atoms with Gasteiger partial charge in [0.2, 0.25) is 0 Å². The molecule has 6 rings (SSSR count). The largest absolute Gasteiger partial charge is 0.433 e. The molecule has 4 atom stereocenters. The number of nitrogens with two attached hydrogens (primary N) is 1. The third kappa shape index (κ3) is 5.19. The van der Waals surface area contributed by atoms with Crippen molar-refractivity contribution in [3.8, 4) is 5.75 Å². The van der Waals surface area contributed by atoms with Gasteiger partial charge in [0, 0.05) is 32.0 Å². The minimum atomic E-state index is -3.24. The van der Waals surface area contributed by atoms with Gasteiger partial charge in [0.05, 0.1) is 17.4 Å². The van der Waals surface area contributed by atoms with Gasteiger partial charge in [-0.3, -0.25) is 4.57 Å². The van der Waals surface area contributed by atoms with E-state index in [1.165, 1.54) is 24.8 Å². The first-order valence-electron chi connectivity index (χ1n) is 13.3. The van der Waals surface area contributed by atoms with E-state index in [4.69, 9.17) is 10.5 Å². The van der Waals surface area contributed by atoms with E-state index in [0.29, 0.717) is 47.6 Å².